The fraction of sp³-hybridized carbons (Fsp3) is 0.526. The fourth-order valence-corrected chi connectivity index (χ4v) is 3.65. The number of aliphatic hydroxyl groups is 1. The van der Waals surface area contributed by atoms with Crippen LogP contribution in [0, 0.1) is 0 Å². The lowest BCUT2D eigenvalue weighted by Gasteiger charge is -2.35. The van der Waals surface area contributed by atoms with Crippen molar-refractivity contribution in [2.24, 2.45) is 0 Å². The third kappa shape index (κ3) is 3.70. The largest absolute Gasteiger partial charge is 0.396 e. The van der Waals surface area contributed by atoms with Crippen LogP contribution in [0.3, 0.4) is 0 Å². The topological polar surface area (TPSA) is 83.4 Å². The number of hydrogen-bond acceptors (Lipinski definition) is 7. The molecule has 1 saturated heterocycles. The van der Waals surface area contributed by atoms with Gasteiger partial charge >= 0.3 is 0 Å². The van der Waals surface area contributed by atoms with E-state index < -0.39 is 0 Å². The Morgan fingerprint density at radius 2 is 2.04 bits per heavy atom. The number of aliphatic hydroxyl groups excluding tert-OH is 1. The maximum Gasteiger partial charge on any atom is 0.161 e. The van der Waals surface area contributed by atoms with Gasteiger partial charge in [-0.25, -0.2) is 9.97 Å². The van der Waals surface area contributed by atoms with Gasteiger partial charge in [0.15, 0.2) is 5.82 Å². The first-order valence-corrected chi connectivity index (χ1v) is 9.33. The summed E-state index contributed by atoms with van der Waals surface area (Å²) in [7, 11) is 0. The van der Waals surface area contributed by atoms with Gasteiger partial charge in [-0.3, -0.25) is 4.98 Å². The first-order valence-electron chi connectivity index (χ1n) is 9.33. The summed E-state index contributed by atoms with van der Waals surface area (Å²) in [5.41, 5.74) is 3.37. The Bertz CT molecular complexity index is 738. The van der Waals surface area contributed by atoms with E-state index in [1.165, 1.54) is 5.56 Å². The van der Waals surface area contributed by atoms with E-state index in [9.17, 15) is 5.11 Å². The fourth-order valence-electron chi connectivity index (χ4n) is 3.65. The molecule has 0 bridgehead atoms. The molecule has 4 rings (SSSR count). The van der Waals surface area contributed by atoms with Gasteiger partial charge < -0.3 is 20.1 Å². The Balaban J connectivity index is 1.74. The SMILES string of the molecule is OCC[C@H]1CN(c2nc(-c3ccncc3)nc3c2CCNCC3)CCO1. The Labute approximate surface area is 153 Å². The van der Waals surface area contributed by atoms with Crippen LogP contribution >= 0.6 is 0 Å². The molecule has 2 aliphatic heterocycles. The van der Waals surface area contributed by atoms with E-state index in [0.717, 1.165) is 61.9 Å². The number of aromatic nitrogens is 3. The first-order chi connectivity index (χ1) is 12.8. The molecule has 7 heteroatoms. The van der Waals surface area contributed by atoms with Crippen molar-refractivity contribution in [1.82, 2.24) is 20.3 Å². The summed E-state index contributed by atoms with van der Waals surface area (Å²) in [5, 5.41) is 12.7. The maximum atomic E-state index is 9.26. The molecule has 2 aliphatic rings. The molecule has 1 atom stereocenters. The normalized spacial score (nSPS) is 20.5. The molecule has 138 valence electrons. The van der Waals surface area contributed by atoms with Gasteiger partial charge in [-0.15, -0.1) is 0 Å². The Morgan fingerprint density at radius 3 is 2.88 bits per heavy atom. The number of rotatable bonds is 4. The molecular weight excluding hydrogens is 330 g/mol. The summed E-state index contributed by atoms with van der Waals surface area (Å²) in [6, 6.07) is 3.91. The van der Waals surface area contributed by atoms with Crippen molar-refractivity contribution < 1.29 is 9.84 Å². The van der Waals surface area contributed by atoms with Crippen LogP contribution in [0.1, 0.15) is 17.7 Å². The minimum atomic E-state index is 0.0487. The number of ether oxygens (including phenoxy) is 1. The van der Waals surface area contributed by atoms with Gasteiger partial charge in [0.2, 0.25) is 0 Å². The smallest absolute Gasteiger partial charge is 0.161 e. The van der Waals surface area contributed by atoms with Crippen molar-refractivity contribution >= 4 is 5.82 Å². The molecule has 0 aromatic carbocycles. The molecule has 26 heavy (non-hydrogen) atoms. The molecule has 7 nitrogen and oxygen atoms in total. The van der Waals surface area contributed by atoms with E-state index in [2.05, 4.69) is 15.2 Å². The second kappa shape index (κ2) is 8.07. The van der Waals surface area contributed by atoms with Crippen LogP contribution in [0.2, 0.25) is 0 Å². The number of morpholine rings is 1. The lowest BCUT2D eigenvalue weighted by molar-refractivity contribution is 0.0244. The highest BCUT2D eigenvalue weighted by atomic mass is 16.5. The average Bonchev–Trinajstić information content (AvgIpc) is 2.94. The summed E-state index contributed by atoms with van der Waals surface area (Å²) in [6.07, 6.45) is 6.10. The van der Waals surface area contributed by atoms with Crippen molar-refractivity contribution in [3.63, 3.8) is 0 Å². The zero-order chi connectivity index (χ0) is 17.8. The van der Waals surface area contributed by atoms with Gasteiger partial charge in [0.25, 0.3) is 0 Å². The molecule has 4 heterocycles. The van der Waals surface area contributed by atoms with Crippen molar-refractivity contribution in [3.05, 3.63) is 35.8 Å². The van der Waals surface area contributed by atoms with Gasteiger partial charge in [0.1, 0.15) is 5.82 Å². The third-order valence-corrected chi connectivity index (χ3v) is 4.99. The van der Waals surface area contributed by atoms with E-state index in [-0.39, 0.29) is 12.7 Å². The highest BCUT2D eigenvalue weighted by Gasteiger charge is 2.26. The molecule has 0 radical (unpaired) electrons. The number of hydrogen-bond donors (Lipinski definition) is 2. The summed E-state index contributed by atoms with van der Waals surface area (Å²) >= 11 is 0. The second-order valence-electron chi connectivity index (χ2n) is 6.73. The van der Waals surface area contributed by atoms with Crippen molar-refractivity contribution in [2.45, 2.75) is 25.4 Å². The molecule has 0 aliphatic carbocycles. The summed E-state index contributed by atoms with van der Waals surface area (Å²) < 4.78 is 5.79. The molecule has 2 N–H and O–H groups in total. The van der Waals surface area contributed by atoms with Crippen molar-refractivity contribution in [3.8, 4) is 11.4 Å². The molecule has 2 aromatic heterocycles. The molecule has 0 saturated carbocycles. The van der Waals surface area contributed by atoms with Crippen molar-refractivity contribution in [2.75, 3.05) is 44.3 Å². The third-order valence-electron chi connectivity index (χ3n) is 4.99. The molecule has 0 unspecified atom stereocenters. The number of pyridine rings is 1. The van der Waals surface area contributed by atoms with Crippen LogP contribution in [0.4, 0.5) is 5.82 Å². The quantitative estimate of drug-likeness (QED) is 0.840. The predicted octanol–water partition coefficient (Wildman–Crippen LogP) is 0.814. The van der Waals surface area contributed by atoms with E-state index in [0.29, 0.717) is 13.0 Å². The molecule has 0 spiro atoms. The van der Waals surface area contributed by atoms with E-state index in [4.69, 9.17) is 14.7 Å². The molecule has 0 amide bonds. The zero-order valence-electron chi connectivity index (χ0n) is 14.9. The second-order valence-corrected chi connectivity index (χ2v) is 6.73. The Kier molecular flexibility index (Phi) is 5.38. The van der Waals surface area contributed by atoms with Gasteiger partial charge in [-0.05, 0) is 31.5 Å². The zero-order valence-corrected chi connectivity index (χ0v) is 14.9. The average molecular weight is 355 g/mol. The van der Waals surface area contributed by atoms with Crippen LogP contribution in [-0.4, -0.2) is 65.6 Å². The Hall–Kier alpha value is -2.09. The highest BCUT2D eigenvalue weighted by molar-refractivity contribution is 5.60. The van der Waals surface area contributed by atoms with Gasteiger partial charge in [-0.2, -0.15) is 0 Å². The van der Waals surface area contributed by atoms with Gasteiger partial charge in [0, 0.05) is 56.2 Å². The Morgan fingerprint density at radius 1 is 1.19 bits per heavy atom. The standard InChI is InChI=1S/C19H25N5O2/c25-11-5-15-13-24(10-12-26-15)19-16-3-8-21-9-4-17(16)22-18(23-19)14-1-6-20-7-2-14/h1-2,6-7,15,21,25H,3-5,8-13H2/t15-/m0/s1. The molecule has 1 fully saturated rings. The summed E-state index contributed by atoms with van der Waals surface area (Å²) in [4.78, 5) is 16.2. The van der Waals surface area contributed by atoms with Gasteiger partial charge in [-0.1, -0.05) is 0 Å². The van der Waals surface area contributed by atoms with E-state index >= 15 is 0 Å². The number of fused-ring (bicyclic) bond motifs is 1. The van der Waals surface area contributed by atoms with Crippen LogP contribution in [0.15, 0.2) is 24.5 Å². The van der Waals surface area contributed by atoms with Crippen molar-refractivity contribution in [1.29, 1.82) is 0 Å². The monoisotopic (exact) mass is 355 g/mol. The summed E-state index contributed by atoms with van der Waals surface area (Å²) in [6.45, 7) is 4.26. The lowest BCUT2D eigenvalue weighted by atomic mass is 10.1. The number of nitrogens with zero attached hydrogens (tertiary/aromatic N) is 4. The number of nitrogens with one attached hydrogen (secondary N) is 1. The highest BCUT2D eigenvalue weighted by Crippen LogP contribution is 2.28. The minimum Gasteiger partial charge on any atom is -0.396 e. The summed E-state index contributed by atoms with van der Waals surface area (Å²) in [5.74, 6) is 1.78. The van der Waals surface area contributed by atoms with Crippen LogP contribution in [-0.2, 0) is 17.6 Å². The molecule has 2 aromatic rings. The lowest BCUT2D eigenvalue weighted by Crippen LogP contribution is -2.44. The minimum absolute atomic E-state index is 0.0487. The number of anilines is 1. The molecular formula is C19H25N5O2. The van der Waals surface area contributed by atoms with Gasteiger partial charge in [0.05, 0.1) is 18.4 Å². The van der Waals surface area contributed by atoms with Crippen LogP contribution < -0.4 is 10.2 Å². The van der Waals surface area contributed by atoms with E-state index in [1.807, 2.05) is 12.1 Å². The predicted molar refractivity (Wildman–Crippen MR) is 99.2 cm³/mol. The maximum absolute atomic E-state index is 9.26. The van der Waals surface area contributed by atoms with E-state index in [1.54, 1.807) is 12.4 Å². The van der Waals surface area contributed by atoms with Crippen LogP contribution in [0.5, 0.6) is 0 Å². The first kappa shape index (κ1) is 17.3. The van der Waals surface area contributed by atoms with Crippen LogP contribution in [0.25, 0.3) is 11.4 Å².